The molecule has 0 bridgehead atoms. The summed E-state index contributed by atoms with van der Waals surface area (Å²) in [5.74, 6) is 0. The maximum Gasteiger partial charge on any atom is 0.417 e. The summed E-state index contributed by atoms with van der Waals surface area (Å²) in [6, 6.07) is 7.29. The van der Waals surface area contributed by atoms with Crippen molar-refractivity contribution in [1.82, 2.24) is 9.88 Å². The Morgan fingerprint density at radius 3 is 2.57 bits per heavy atom. The molecule has 0 spiro atoms. The molecule has 3 nitrogen and oxygen atoms in total. The highest BCUT2D eigenvalue weighted by atomic mass is 35.5. The minimum absolute atomic E-state index is 0.187. The second-order valence-electron chi connectivity index (χ2n) is 5.91. The van der Waals surface area contributed by atoms with Crippen molar-refractivity contribution in [2.24, 2.45) is 0 Å². The van der Waals surface area contributed by atoms with Crippen LogP contribution in [-0.4, -0.2) is 39.9 Å². The highest BCUT2D eigenvalue weighted by Crippen LogP contribution is 2.38. The molecular formula is C16H16ClF3N2O. The topological polar surface area (TPSA) is 36.4 Å². The average molecular weight is 345 g/mol. The van der Waals surface area contributed by atoms with E-state index in [9.17, 15) is 18.3 Å². The van der Waals surface area contributed by atoms with Crippen LogP contribution in [0.4, 0.5) is 13.2 Å². The van der Waals surface area contributed by atoms with E-state index >= 15 is 0 Å². The summed E-state index contributed by atoms with van der Waals surface area (Å²) in [5, 5.41) is 11.1. The number of fused-ring (bicyclic) bond motifs is 1. The number of likely N-dealkylation sites (tertiary alicyclic amines) is 1. The van der Waals surface area contributed by atoms with Crippen LogP contribution in [0.25, 0.3) is 10.9 Å². The summed E-state index contributed by atoms with van der Waals surface area (Å²) in [5.41, 5.74) is -0.886. The Kier molecular flexibility index (Phi) is 4.25. The molecule has 0 atom stereocenters. The zero-order chi connectivity index (χ0) is 16.7. The summed E-state index contributed by atoms with van der Waals surface area (Å²) in [4.78, 5) is 6.24. The predicted molar refractivity (Wildman–Crippen MR) is 82.3 cm³/mol. The standard InChI is InChI=1S/C16H16ClF3N2O/c17-13-4-3-11(14-12(13)2-1-7-21-14)10-22-8-5-15(23,6-9-22)16(18,19)20/h1-4,7,23H,5-6,8-10H2. The first-order valence-electron chi connectivity index (χ1n) is 7.34. The molecule has 2 heterocycles. The molecule has 0 amide bonds. The number of halogens is 4. The van der Waals surface area contributed by atoms with Gasteiger partial charge in [-0.1, -0.05) is 17.7 Å². The Morgan fingerprint density at radius 1 is 1.22 bits per heavy atom. The fraction of sp³-hybridized carbons (Fsp3) is 0.438. The van der Waals surface area contributed by atoms with Crippen molar-refractivity contribution in [3.05, 3.63) is 41.0 Å². The van der Waals surface area contributed by atoms with E-state index in [1.54, 1.807) is 18.3 Å². The van der Waals surface area contributed by atoms with E-state index in [2.05, 4.69) is 4.98 Å². The molecule has 124 valence electrons. The quantitative estimate of drug-likeness (QED) is 0.900. The van der Waals surface area contributed by atoms with E-state index in [4.69, 9.17) is 11.6 Å². The van der Waals surface area contributed by atoms with Crippen LogP contribution in [0.15, 0.2) is 30.5 Å². The molecule has 7 heteroatoms. The van der Waals surface area contributed by atoms with Crippen molar-refractivity contribution in [2.75, 3.05) is 13.1 Å². The average Bonchev–Trinajstić information content (AvgIpc) is 2.51. The third kappa shape index (κ3) is 3.16. The van der Waals surface area contributed by atoms with Crippen LogP contribution in [0.5, 0.6) is 0 Å². The smallest absolute Gasteiger partial charge is 0.380 e. The van der Waals surface area contributed by atoms with Gasteiger partial charge in [0.15, 0.2) is 5.60 Å². The number of hydrogen-bond donors (Lipinski definition) is 1. The molecule has 1 fully saturated rings. The van der Waals surface area contributed by atoms with Gasteiger partial charge in [0, 0.05) is 36.2 Å². The predicted octanol–water partition coefficient (Wildman–Crippen LogP) is 3.78. The number of rotatable bonds is 2. The Balaban J connectivity index is 1.76. The molecule has 1 aromatic heterocycles. The van der Waals surface area contributed by atoms with Crippen molar-refractivity contribution in [2.45, 2.75) is 31.2 Å². The zero-order valence-corrected chi connectivity index (χ0v) is 13.0. The molecule has 0 aliphatic carbocycles. The minimum atomic E-state index is -4.58. The van der Waals surface area contributed by atoms with Crippen molar-refractivity contribution < 1.29 is 18.3 Å². The molecule has 0 radical (unpaired) electrons. The Labute approximate surface area is 136 Å². The lowest BCUT2D eigenvalue weighted by molar-refractivity contribution is -0.272. The number of pyridine rings is 1. The third-order valence-electron chi connectivity index (χ3n) is 4.40. The van der Waals surface area contributed by atoms with Gasteiger partial charge in [0.25, 0.3) is 0 Å². The van der Waals surface area contributed by atoms with E-state index in [1.165, 1.54) is 0 Å². The van der Waals surface area contributed by atoms with Crippen molar-refractivity contribution >= 4 is 22.5 Å². The van der Waals surface area contributed by atoms with Crippen LogP contribution in [0.3, 0.4) is 0 Å². The summed E-state index contributed by atoms with van der Waals surface area (Å²) in [6.45, 7) is 0.860. The highest BCUT2D eigenvalue weighted by molar-refractivity contribution is 6.35. The van der Waals surface area contributed by atoms with E-state index in [0.717, 1.165) is 16.5 Å². The molecule has 23 heavy (non-hydrogen) atoms. The van der Waals surface area contributed by atoms with Crippen molar-refractivity contribution in [3.63, 3.8) is 0 Å². The number of hydrogen-bond acceptors (Lipinski definition) is 3. The normalized spacial score (nSPS) is 19.2. The minimum Gasteiger partial charge on any atom is -0.380 e. The summed E-state index contributed by atoms with van der Waals surface area (Å²) >= 11 is 6.15. The Bertz CT molecular complexity index is 712. The first-order valence-corrected chi connectivity index (χ1v) is 7.71. The summed E-state index contributed by atoms with van der Waals surface area (Å²) in [6.07, 6.45) is -3.53. The van der Waals surface area contributed by atoms with Crippen LogP contribution in [0.1, 0.15) is 18.4 Å². The van der Waals surface area contributed by atoms with Crippen molar-refractivity contribution in [3.8, 4) is 0 Å². The molecule has 3 rings (SSSR count). The van der Waals surface area contributed by atoms with Gasteiger partial charge >= 0.3 is 6.18 Å². The van der Waals surface area contributed by atoms with Crippen LogP contribution < -0.4 is 0 Å². The Hall–Kier alpha value is -1.37. The Morgan fingerprint density at radius 2 is 1.91 bits per heavy atom. The second-order valence-corrected chi connectivity index (χ2v) is 6.32. The summed E-state index contributed by atoms with van der Waals surface area (Å²) < 4.78 is 38.5. The number of alkyl halides is 3. The molecule has 0 unspecified atom stereocenters. The lowest BCUT2D eigenvalue weighted by Crippen LogP contribution is -2.53. The monoisotopic (exact) mass is 344 g/mol. The van der Waals surface area contributed by atoms with Gasteiger partial charge in [-0.05, 0) is 36.6 Å². The number of nitrogens with zero attached hydrogens (tertiary/aromatic N) is 2. The lowest BCUT2D eigenvalue weighted by Gasteiger charge is -2.39. The number of aliphatic hydroxyl groups is 1. The molecule has 1 saturated heterocycles. The lowest BCUT2D eigenvalue weighted by atomic mass is 9.90. The fourth-order valence-electron chi connectivity index (χ4n) is 2.93. The van der Waals surface area contributed by atoms with Crippen molar-refractivity contribution in [1.29, 1.82) is 0 Å². The maximum atomic E-state index is 12.8. The van der Waals surface area contributed by atoms with Gasteiger partial charge in [-0.15, -0.1) is 0 Å². The van der Waals surface area contributed by atoms with Gasteiger partial charge in [0.2, 0.25) is 0 Å². The molecular weight excluding hydrogens is 329 g/mol. The van der Waals surface area contributed by atoms with Gasteiger partial charge in [-0.2, -0.15) is 13.2 Å². The molecule has 1 aliphatic heterocycles. The highest BCUT2D eigenvalue weighted by Gasteiger charge is 2.54. The third-order valence-corrected chi connectivity index (χ3v) is 4.73. The van der Waals surface area contributed by atoms with Crippen LogP contribution in [0, 0.1) is 0 Å². The maximum absolute atomic E-state index is 12.8. The molecule has 1 aliphatic rings. The number of piperidine rings is 1. The van der Waals surface area contributed by atoms with E-state index in [1.807, 2.05) is 17.0 Å². The van der Waals surface area contributed by atoms with Gasteiger partial charge in [-0.3, -0.25) is 9.88 Å². The van der Waals surface area contributed by atoms with Crippen LogP contribution >= 0.6 is 11.6 Å². The molecule has 1 N–H and O–H groups in total. The van der Waals surface area contributed by atoms with E-state index in [-0.39, 0.29) is 25.9 Å². The van der Waals surface area contributed by atoms with Gasteiger partial charge in [0.05, 0.1) is 5.52 Å². The van der Waals surface area contributed by atoms with Crippen LogP contribution in [0.2, 0.25) is 5.02 Å². The zero-order valence-electron chi connectivity index (χ0n) is 12.3. The fourth-order valence-corrected chi connectivity index (χ4v) is 3.14. The summed E-state index contributed by atoms with van der Waals surface area (Å²) in [7, 11) is 0. The first kappa shape index (κ1) is 16.5. The number of benzene rings is 1. The van der Waals surface area contributed by atoms with Gasteiger partial charge in [0.1, 0.15) is 0 Å². The molecule has 1 aromatic carbocycles. The number of aromatic nitrogens is 1. The van der Waals surface area contributed by atoms with Gasteiger partial charge in [-0.25, -0.2) is 0 Å². The van der Waals surface area contributed by atoms with Gasteiger partial charge < -0.3 is 5.11 Å². The van der Waals surface area contributed by atoms with E-state index < -0.39 is 11.8 Å². The SMILES string of the molecule is OC1(C(F)(F)F)CCN(Cc2ccc(Cl)c3cccnc23)CC1. The first-order chi connectivity index (χ1) is 10.8. The van der Waals surface area contributed by atoms with E-state index in [0.29, 0.717) is 11.6 Å². The van der Waals surface area contributed by atoms with Crippen LogP contribution in [-0.2, 0) is 6.54 Å². The molecule has 2 aromatic rings. The largest absolute Gasteiger partial charge is 0.417 e. The molecule has 0 saturated carbocycles. The second kappa shape index (κ2) is 5.92.